The Morgan fingerprint density at radius 1 is 0.577 bits per heavy atom. The van der Waals surface area contributed by atoms with E-state index in [9.17, 15) is 35.4 Å². The standard InChI is InChI=1S/C42H83NO9/c1-4-6-8-10-12-14-16-18-19-21-23-25-27-29-31-36(45)41(50)43-34(32-51-42-40(49)39(48)37(46)33(3)52-42)38(47)35(44)30-28-26-24-22-20-17-15-13-11-9-7-5-2/h33-40,42,44-49H,4-32H2,1-3H3,(H,43,50)/t33-,34-,35+,36?,37+,38-,39-,40-,42+/m0/s1. The van der Waals surface area contributed by atoms with E-state index in [0.29, 0.717) is 19.3 Å². The van der Waals surface area contributed by atoms with Crippen LogP contribution in [-0.2, 0) is 14.3 Å². The van der Waals surface area contributed by atoms with E-state index >= 15 is 0 Å². The number of carbonyl (C=O) groups excluding carboxylic acids is 1. The average Bonchev–Trinajstić information content (AvgIpc) is 3.14. The van der Waals surface area contributed by atoms with E-state index in [-0.39, 0.29) is 6.61 Å². The van der Waals surface area contributed by atoms with Crippen molar-refractivity contribution < 1.29 is 44.9 Å². The third-order valence-corrected chi connectivity index (χ3v) is 10.9. The minimum atomic E-state index is -1.54. The minimum absolute atomic E-state index is 0.293. The maximum absolute atomic E-state index is 13.0. The lowest BCUT2D eigenvalue weighted by atomic mass is 9.98. The highest BCUT2D eigenvalue weighted by Crippen LogP contribution is 2.23. The first-order valence-corrected chi connectivity index (χ1v) is 21.8. The zero-order valence-corrected chi connectivity index (χ0v) is 33.6. The molecule has 52 heavy (non-hydrogen) atoms. The van der Waals surface area contributed by atoms with Crippen molar-refractivity contribution in [3.8, 4) is 0 Å². The highest BCUT2D eigenvalue weighted by atomic mass is 16.7. The third kappa shape index (κ3) is 23.2. The van der Waals surface area contributed by atoms with Gasteiger partial charge in [-0.15, -0.1) is 0 Å². The molecule has 10 heteroatoms. The second-order valence-electron chi connectivity index (χ2n) is 15.8. The summed E-state index contributed by atoms with van der Waals surface area (Å²) in [6.45, 7) is 5.68. The summed E-state index contributed by atoms with van der Waals surface area (Å²) < 4.78 is 11.2. The molecule has 1 fully saturated rings. The van der Waals surface area contributed by atoms with Crippen LogP contribution in [0.25, 0.3) is 0 Å². The van der Waals surface area contributed by atoms with Crippen LogP contribution in [0.5, 0.6) is 0 Å². The highest BCUT2D eigenvalue weighted by molar-refractivity contribution is 5.80. The molecule has 1 saturated heterocycles. The van der Waals surface area contributed by atoms with Gasteiger partial charge in [0.1, 0.15) is 30.5 Å². The zero-order chi connectivity index (χ0) is 38.4. The molecule has 0 saturated carbocycles. The summed E-state index contributed by atoms with van der Waals surface area (Å²) in [4.78, 5) is 13.0. The van der Waals surface area contributed by atoms with Crippen molar-refractivity contribution in [1.82, 2.24) is 5.32 Å². The van der Waals surface area contributed by atoms with Crippen LogP contribution in [0.4, 0.5) is 0 Å². The van der Waals surface area contributed by atoms with E-state index in [2.05, 4.69) is 19.2 Å². The molecule has 0 aromatic heterocycles. The van der Waals surface area contributed by atoms with Crippen LogP contribution in [0, 0.1) is 0 Å². The lowest BCUT2D eigenvalue weighted by Crippen LogP contribution is -2.59. The van der Waals surface area contributed by atoms with E-state index in [4.69, 9.17) is 9.47 Å². The Bertz CT molecular complexity index is 820. The fourth-order valence-corrected chi connectivity index (χ4v) is 7.15. The zero-order valence-electron chi connectivity index (χ0n) is 33.6. The number of aliphatic hydroxyl groups is 6. The molecule has 1 aliphatic rings. The molecule has 9 atom stereocenters. The van der Waals surface area contributed by atoms with Crippen LogP contribution in [0.2, 0.25) is 0 Å². The molecule has 1 heterocycles. The molecular weight excluding hydrogens is 662 g/mol. The van der Waals surface area contributed by atoms with Crippen LogP contribution < -0.4 is 5.32 Å². The Kier molecular flexibility index (Phi) is 30.6. The number of rotatable bonds is 35. The van der Waals surface area contributed by atoms with Crippen LogP contribution in [0.3, 0.4) is 0 Å². The highest BCUT2D eigenvalue weighted by Gasteiger charge is 2.43. The fraction of sp³-hybridized carbons (Fsp3) is 0.976. The van der Waals surface area contributed by atoms with Gasteiger partial charge in [0.2, 0.25) is 5.91 Å². The summed E-state index contributed by atoms with van der Waals surface area (Å²) in [5.74, 6) is -0.658. The first-order chi connectivity index (χ1) is 25.1. The lowest BCUT2D eigenvalue weighted by molar-refractivity contribution is -0.295. The first kappa shape index (κ1) is 49.2. The fourth-order valence-electron chi connectivity index (χ4n) is 7.15. The van der Waals surface area contributed by atoms with Crippen molar-refractivity contribution in [2.45, 2.75) is 256 Å². The van der Waals surface area contributed by atoms with Gasteiger partial charge in [-0.1, -0.05) is 181 Å². The molecule has 10 nitrogen and oxygen atoms in total. The van der Waals surface area contributed by atoms with Crippen molar-refractivity contribution in [3.63, 3.8) is 0 Å². The van der Waals surface area contributed by atoms with Gasteiger partial charge in [0.15, 0.2) is 6.29 Å². The predicted octanol–water partition coefficient (Wildman–Crippen LogP) is 7.36. The van der Waals surface area contributed by atoms with E-state index in [1.165, 1.54) is 122 Å². The summed E-state index contributed by atoms with van der Waals surface area (Å²) in [7, 11) is 0. The van der Waals surface area contributed by atoms with Crippen molar-refractivity contribution in [2.75, 3.05) is 6.61 Å². The van der Waals surface area contributed by atoms with E-state index in [1.54, 1.807) is 0 Å². The first-order valence-electron chi connectivity index (χ1n) is 21.8. The molecule has 1 rings (SSSR count). The van der Waals surface area contributed by atoms with Crippen LogP contribution >= 0.6 is 0 Å². The smallest absolute Gasteiger partial charge is 0.249 e. The van der Waals surface area contributed by atoms with Gasteiger partial charge in [-0.05, 0) is 19.8 Å². The van der Waals surface area contributed by atoms with Gasteiger partial charge in [-0.3, -0.25) is 4.79 Å². The maximum Gasteiger partial charge on any atom is 0.249 e. The summed E-state index contributed by atoms with van der Waals surface area (Å²) in [5, 5.41) is 65.9. The third-order valence-electron chi connectivity index (χ3n) is 10.9. The van der Waals surface area contributed by atoms with E-state index in [0.717, 1.165) is 44.9 Å². The average molecular weight is 746 g/mol. The van der Waals surface area contributed by atoms with E-state index < -0.39 is 61.0 Å². The van der Waals surface area contributed by atoms with Gasteiger partial charge in [0.05, 0.1) is 24.9 Å². The van der Waals surface area contributed by atoms with Crippen LogP contribution in [-0.4, -0.2) is 98.2 Å². The lowest BCUT2D eigenvalue weighted by Gasteiger charge is -2.39. The Labute approximate surface area is 317 Å². The number of hydrogen-bond donors (Lipinski definition) is 7. The number of ether oxygens (including phenoxy) is 2. The molecular formula is C42H83NO9. The second kappa shape index (κ2) is 32.4. The van der Waals surface area contributed by atoms with Gasteiger partial charge in [-0.25, -0.2) is 0 Å². The number of carbonyl (C=O) groups is 1. The monoisotopic (exact) mass is 746 g/mol. The quantitative estimate of drug-likeness (QED) is 0.0328. The Morgan fingerprint density at radius 3 is 1.38 bits per heavy atom. The SMILES string of the molecule is CCCCCCCCCCCCCCCCC(O)C(=O)N[C@@H](CO[C@@H]1O[C@@H](C)[C@@H](O)[C@H](O)[C@@H]1O)[C@H](O)[C@H](O)CCCCCCCCCCCCCC. The van der Waals surface area contributed by atoms with Gasteiger partial charge in [0, 0.05) is 0 Å². The van der Waals surface area contributed by atoms with Crippen molar-refractivity contribution >= 4 is 5.91 Å². The van der Waals surface area contributed by atoms with Crippen LogP contribution in [0.1, 0.15) is 201 Å². The number of amides is 1. The molecule has 0 bridgehead atoms. The van der Waals surface area contributed by atoms with Gasteiger partial charge in [-0.2, -0.15) is 0 Å². The number of unbranched alkanes of at least 4 members (excludes halogenated alkanes) is 24. The van der Waals surface area contributed by atoms with Gasteiger partial charge < -0.3 is 45.4 Å². The molecule has 310 valence electrons. The summed E-state index contributed by atoms with van der Waals surface area (Å²) >= 11 is 0. The topological polar surface area (TPSA) is 169 Å². The number of aliphatic hydroxyl groups excluding tert-OH is 6. The normalized spacial score (nSPS) is 23.0. The Hall–Kier alpha value is -0.850. The number of hydrogen-bond acceptors (Lipinski definition) is 9. The summed E-state index contributed by atoms with van der Waals surface area (Å²) in [6.07, 6.45) is 21.6. The van der Waals surface area contributed by atoms with Crippen LogP contribution in [0.15, 0.2) is 0 Å². The molecule has 0 aliphatic carbocycles. The maximum atomic E-state index is 13.0. The van der Waals surface area contributed by atoms with Crippen molar-refractivity contribution in [2.24, 2.45) is 0 Å². The molecule has 1 unspecified atom stereocenters. The number of nitrogens with one attached hydrogen (secondary N) is 1. The Balaban J connectivity index is 2.45. The molecule has 1 aliphatic heterocycles. The van der Waals surface area contributed by atoms with Crippen molar-refractivity contribution in [1.29, 1.82) is 0 Å². The summed E-state index contributed by atoms with van der Waals surface area (Å²) in [5.41, 5.74) is 0. The van der Waals surface area contributed by atoms with Gasteiger partial charge in [0.25, 0.3) is 0 Å². The summed E-state index contributed by atoms with van der Waals surface area (Å²) in [6, 6.07) is -1.10. The van der Waals surface area contributed by atoms with E-state index in [1.807, 2.05) is 0 Å². The predicted molar refractivity (Wildman–Crippen MR) is 209 cm³/mol. The molecule has 7 N–H and O–H groups in total. The van der Waals surface area contributed by atoms with Gasteiger partial charge >= 0.3 is 0 Å². The largest absolute Gasteiger partial charge is 0.390 e. The molecule has 0 aromatic rings. The molecule has 1 amide bonds. The van der Waals surface area contributed by atoms with Crippen molar-refractivity contribution in [3.05, 3.63) is 0 Å². The molecule has 0 aromatic carbocycles. The Morgan fingerprint density at radius 2 is 0.962 bits per heavy atom. The molecule has 0 spiro atoms. The minimum Gasteiger partial charge on any atom is -0.390 e. The molecule has 0 radical (unpaired) electrons. The second-order valence-corrected chi connectivity index (χ2v) is 15.8.